The van der Waals surface area contributed by atoms with E-state index in [1.54, 1.807) is 11.8 Å². The third-order valence-electron chi connectivity index (χ3n) is 2.70. The third-order valence-corrected chi connectivity index (χ3v) is 3.77. The number of hydrogen-bond acceptors (Lipinski definition) is 3. The maximum Gasteiger partial charge on any atom is 0.304 e. The average molecular weight is 261 g/mol. The standard InChI is InChI=1S/C13H27NO2S/c14-10-7-5-3-1-2-4-6-8-11-17-12-9-13(15)16/h1-12,14H2,(H,15,16). The molecule has 0 atom stereocenters. The second kappa shape index (κ2) is 13.8. The number of hydrogen-bond donors (Lipinski definition) is 2. The number of nitrogens with two attached hydrogens (primary N) is 1. The number of aliphatic carboxylic acids is 1. The molecule has 102 valence electrons. The van der Waals surface area contributed by atoms with Gasteiger partial charge in [-0.05, 0) is 25.1 Å². The molecule has 0 bridgehead atoms. The fourth-order valence-electron chi connectivity index (χ4n) is 1.67. The summed E-state index contributed by atoms with van der Waals surface area (Å²) < 4.78 is 0. The number of carbonyl (C=O) groups is 1. The van der Waals surface area contributed by atoms with Crippen LogP contribution in [0.2, 0.25) is 0 Å². The first-order valence-electron chi connectivity index (χ1n) is 6.77. The maximum absolute atomic E-state index is 10.3. The van der Waals surface area contributed by atoms with E-state index in [1.807, 2.05) is 0 Å². The van der Waals surface area contributed by atoms with Gasteiger partial charge in [0.05, 0.1) is 6.42 Å². The summed E-state index contributed by atoms with van der Waals surface area (Å²) in [7, 11) is 0. The Balaban J connectivity index is 2.91. The molecule has 0 saturated carbocycles. The molecule has 0 aliphatic carbocycles. The van der Waals surface area contributed by atoms with Crippen molar-refractivity contribution in [3.8, 4) is 0 Å². The highest BCUT2D eigenvalue weighted by Crippen LogP contribution is 2.11. The van der Waals surface area contributed by atoms with Gasteiger partial charge in [-0.2, -0.15) is 11.8 Å². The number of unbranched alkanes of at least 4 members (excludes halogenated alkanes) is 7. The van der Waals surface area contributed by atoms with E-state index in [2.05, 4.69) is 0 Å². The SMILES string of the molecule is NCCCCCCCCCCSCCC(=O)O. The molecule has 0 aromatic carbocycles. The quantitative estimate of drug-likeness (QED) is 0.499. The number of carboxylic acid groups (broad SMARTS) is 1. The topological polar surface area (TPSA) is 63.3 Å². The highest BCUT2D eigenvalue weighted by atomic mass is 32.2. The summed E-state index contributed by atoms with van der Waals surface area (Å²) in [4.78, 5) is 10.3. The Labute approximate surface area is 110 Å². The normalized spacial score (nSPS) is 10.6. The first-order valence-corrected chi connectivity index (χ1v) is 7.92. The third kappa shape index (κ3) is 15.8. The fourth-order valence-corrected chi connectivity index (χ4v) is 2.60. The van der Waals surface area contributed by atoms with Crippen molar-refractivity contribution in [3.05, 3.63) is 0 Å². The van der Waals surface area contributed by atoms with Crippen molar-refractivity contribution in [1.82, 2.24) is 0 Å². The second-order valence-electron chi connectivity index (χ2n) is 4.37. The Bertz CT molecular complexity index is 177. The Hall–Kier alpha value is -0.220. The molecule has 3 N–H and O–H groups in total. The van der Waals surface area contributed by atoms with Crippen LogP contribution in [0.15, 0.2) is 0 Å². The van der Waals surface area contributed by atoms with Crippen molar-refractivity contribution in [1.29, 1.82) is 0 Å². The number of rotatable bonds is 13. The van der Waals surface area contributed by atoms with Crippen molar-refractivity contribution in [2.45, 2.75) is 57.8 Å². The largest absolute Gasteiger partial charge is 0.481 e. The van der Waals surface area contributed by atoms with Crippen LogP contribution in [0, 0.1) is 0 Å². The van der Waals surface area contributed by atoms with Crippen molar-refractivity contribution in [3.63, 3.8) is 0 Å². The Morgan fingerprint density at radius 3 is 1.94 bits per heavy atom. The molecule has 0 aromatic heterocycles. The van der Waals surface area contributed by atoms with Gasteiger partial charge in [-0.25, -0.2) is 0 Å². The first-order chi connectivity index (χ1) is 8.27. The Kier molecular flexibility index (Phi) is 13.7. The van der Waals surface area contributed by atoms with Gasteiger partial charge in [-0.3, -0.25) is 4.79 Å². The molecule has 3 nitrogen and oxygen atoms in total. The molecule has 17 heavy (non-hydrogen) atoms. The maximum atomic E-state index is 10.3. The van der Waals surface area contributed by atoms with Gasteiger partial charge >= 0.3 is 5.97 Å². The molecular weight excluding hydrogens is 234 g/mol. The summed E-state index contributed by atoms with van der Waals surface area (Å²) in [5.41, 5.74) is 5.43. The second-order valence-corrected chi connectivity index (χ2v) is 5.60. The molecule has 4 heteroatoms. The predicted octanol–water partition coefficient (Wildman–Crippen LogP) is 3.27. The van der Waals surface area contributed by atoms with E-state index >= 15 is 0 Å². The van der Waals surface area contributed by atoms with E-state index in [0.29, 0.717) is 6.42 Å². The molecule has 0 heterocycles. The van der Waals surface area contributed by atoms with Gasteiger partial charge in [-0.15, -0.1) is 0 Å². The summed E-state index contributed by atoms with van der Waals surface area (Å²) in [5.74, 6) is 1.18. The molecule has 0 amide bonds. The van der Waals surface area contributed by atoms with Gasteiger partial charge in [0, 0.05) is 5.75 Å². The molecule has 0 aliphatic heterocycles. The minimum Gasteiger partial charge on any atom is -0.481 e. The summed E-state index contributed by atoms with van der Waals surface area (Å²) in [5, 5.41) is 8.45. The Morgan fingerprint density at radius 2 is 1.41 bits per heavy atom. The van der Waals surface area contributed by atoms with Gasteiger partial charge < -0.3 is 10.8 Å². The van der Waals surface area contributed by atoms with Gasteiger partial charge in [0.1, 0.15) is 0 Å². The molecule has 0 rings (SSSR count). The highest BCUT2D eigenvalue weighted by molar-refractivity contribution is 7.99. The smallest absolute Gasteiger partial charge is 0.304 e. The molecule has 0 saturated heterocycles. The van der Waals surface area contributed by atoms with Crippen LogP contribution in [0.4, 0.5) is 0 Å². The lowest BCUT2D eigenvalue weighted by Crippen LogP contribution is -1.97. The predicted molar refractivity (Wildman–Crippen MR) is 75.6 cm³/mol. The van der Waals surface area contributed by atoms with E-state index in [1.165, 1.54) is 51.4 Å². The molecular formula is C13H27NO2S. The summed E-state index contributed by atoms with van der Waals surface area (Å²) >= 11 is 1.76. The van der Waals surface area contributed by atoms with Crippen molar-refractivity contribution in [2.24, 2.45) is 5.73 Å². The molecule has 0 spiro atoms. The van der Waals surface area contributed by atoms with E-state index in [4.69, 9.17) is 10.8 Å². The zero-order valence-electron chi connectivity index (χ0n) is 10.8. The van der Waals surface area contributed by atoms with Crippen LogP contribution in [0.3, 0.4) is 0 Å². The lowest BCUT2D eigenvalue weighted by Gasteiger charge is -2.02. The number of thioether (sulfide) groups is 1. The van der Waals surface area contributed by atoms with Crippen LogP contribution in [-0.2, 0) is 4.79 Å². The zero-order chi connectivity index (χ0) is 12.8. The van der Waals surface area contributed by atoms with Gasteiger partial charge in [-0.1, -0.05) is 38.5 Å². The van der Waals surface area contributed by atoms with Crippen molar-refractivity contribution >= 4 is 17.7 Å². The Morgan fingerprint density at radius 1 is 0.882 bits per heavy atom. The van der Waals surface area contributed by atoms with Gasteiger partial charge in [0.25, 0.3) is 0 Å². The minimum absolute atomic E-state index is 0.297. The molecule has 0 aliphatic rings. The van der Waals surface area contributed by atoms with Crippen LogP contribution in [0.1, 0.15) is 57.8 Å². The zero-order valence-corrected chi connectivity index (χ0v) is 11.6. The molecule has 0 unspecified atom stereocenters. The molecule has 0 aromatic rings. The monoisotopic (exact) mass is 261 g/mol. The van der Waals surface area contributed by atoms with Crippen molar-refractivity contribution in [2.75, 3.05) is 18.1 Å². The summed E-state index contributed by atoms with van der Waals surface area (Å²) in [6, 6.07) is 0. The highest BCUT2D eigenvalue weighted by Gasteiger charge is 1.96. The van der Waals surface area contributed by atoms with E-state index < -0.39 is 5.97 Å². The molecule has 0 radical (unpaired) electrons. The van der Waals surface area contributed by atoms with Crippen LogP contribution < -0.4 is 5.73 Å². The van der Waals surface area contributed by atoms with Crippen molar-refractivity contribution < 1.29 is 9.90 Å². The average Bonchev–Trinajstić information content (AvgIpc) is 2.30. The first kappa shape index (κ1) is 16.8. The minimum atomic E-state index is -0.685. The number of carboxylic acids is 1. The van der Waals surface area contributed by atoms with Crippen LogP contribution >= 0.6 is 11.8 Å². The van der Waals surface area contributed by atoms with Gasteiger partial charge in [0.2, 0.25) is 0 Å². The summed E-state index contributed by atoms with van der Waals surface area (Å²) in [6.45, 7) is 0.827. The van der Waals surface area contributed by atoms with E-state index in [-0.39, 0.29) is 0 Å². The van der Waals surface area contributed by atoms with Gasteiger partial charge in [0.15, 0.2) is 0 Å². The van der Waals surface area contributed by atoms with E-state index in [0.717, 1.165) is 18.1 Å². The lowest BCUT2D eigenvalue weighted by atomic mass is 10.1. The summed E-state index contributed by atoms with van der Waals surface area (Å²) in [6.07, 6.45) is 10.6. The van der Waals surface area contributed by atoms with Crippen LogP contribution in [-0.4, -0.2) is 29.1 Å². The fraction of sp³-hybridized carbons (Fsp3) is 0.923. The van der Waals surface area contributed by atoms with E-state index in [9.17, 15) is 4.79 Å². The lowest BCUT2D eigenvalue weighted by molar-refractivity contribution is -0.136. The van der Waals surface area contributed by atoms with Crippen LogP contribution in [0.25, 0.3) is 0 Å². The van der Waals surface area contributed by atoms with Crippen LogP contribution in [0.5, 0.6) is 0 Å². The molecule has 0 fully saturated rings.